The van der Waals surface area contributed by atoms with Crippen LogP contribution < -0.4 is 5.32 Å². The summed E-state index contributed by atoms with van der Waals surface area (Å²) in [5, 5.41) is 3.35. The van der Waals surface area contributed by atoms with Gasteiger partial charge in [0, 0.05) is 26.3 Å². The van der Waals surface area contributed by atoms with Crippen molar-refractivity contribution >= 4 is 0 Å². The minimum atomic E-state index is 0.422. The molecule has 0 bridgehead atoms. The van der Waals surface area contributed by atoms with Gasteiger partial charge in [0.15, 0.2) is 0 Å². The van der Waals surface area contributed by atoms with Crippen LogP contribution in [0.25, 0.3) is 0 Å². The van der Waals surface area contributed by atoms with Crippen molar-refractivity contribution in [2.45, 2.75) is 38.6 Å². The normalized spacial score (nSPS) is 18.8. The van der Waals surface area contributed by atoms with Crippen LogP contribution in [0.1, 0.15) is 32.6 Å². The van der Waals surface area contributed by atoms with Gasteiger partial charge in [-0.25, -0.2) is 0 Å². The van der Waals surface area contributed by atoms with E-state index in [1.165, 1.54) is 25.7 Å². The Morgan fingerprint density at radius 1 is 1.33 bits per heavy atom. The molecular formula is C12H25NO2. The highest BCUT2D eigenvalue weighted by molar-refractivity contribution is 4.68. The number of rotatable bonds is 9. The Morgan fingerprint density at radius 3 is 2.73 bits per heavy atom. The molecule has 15 heavy (non-hydrogen) atoms. The van der Waals surface area contributed by atoms with Crippen LogP contribution in [-0.4, -0.2) is 39.5 Å². The number of hydrogen-bond donors (Lipinski definition) is 1. The molecule has 3 heteroatoms. The van der Waals surface area contributed by atoms with E-state index >= 15 is 0 Å². The van der Waals surface area contributed by atoms with Crippen LogP contribution in [0.5, 0.6) is 0 Å². The second-order valence-corrected chi connectivity index (χ2v) is 4.51. The van der Waals surface area contributed by atoms with E-state index in [-0.39, 0.29) is 0 Å². The third kappa shape index (κ3) is 6.13. The van der Waals surface area contributed by atoms with E-state index in [1.807, 2.05) is 0 Å². The molecule has 1 N–H and O–H groups in total. The van der Waals surface area contributed by atoms with Gasteiger partial charge in [0.05, 0.1) is 13.2 Å². The van der Waals surface area contributed by atoms with E-state index in [4.69, 9.17) is 9.47 Å². The van der Waals surface area contributed by atoms with Gasteiger partial charge in [0.1, 0.15) is 0 Å². The van der Waals surface area contributed by atoms with Crippen LogP contribution in [0.2, 0.25) is 0 Å². The summed E-state index contributed by atoms with van der Waals surface area (Å²) in [6, 6.07) is 0.422. The van der Waals surface area contributed by atoms with Gasteiger partial charge < -0.3 is 14.8 Å². The van der Waals surface area contributed by atoms with E-state index < -0.39 is 0 Å². The van der Waals surface area contributed by atoms with Gasteiger partial charge in [-0.15, -0.1) is 0 Å². The summed E-state index contributed by atoms with van der Waals surface area (Å²) in [6.07, 6.45) is 5.54. The molecule has 0 aromatic rings. The molecule has 1 aliphatic carbocycles. The molecule has 1 atom stereocenters. The van der Waals surface area contributed by atoms with E-state index in [0.29, 0.717) is 6.04 Å². The van der Waals surface area contributed by atoms with Crippen molar-refractivity contribution in [3.05, 3.63) is 0 Å². The zero-order valence-corrected chi connectivity index (χ0v) is 10.1. The zero-order chi connectivity index (χ0) is 10.9. The SMILES string of the molecule is COCC(C)NCCOCCC1CCC1. The summed E-state index contributed by atoms with van der Waals surface area (Å²) in [6.45, 7) is 5.57. The second kappa shape index (κ2) is 8.08. The molecule has 90 valence electrons. The lowest BCUT2D eigenvalue weighted by Gasteiger charge is -2.24. The Hall–Kier alpha value is -0.120. The fraction of sp³-hybridized carbons (Fsp3) is 1.00. The molecule has 0 aliphatic heterocycles. The van der Waals surface area contributed by atoms with Crippen LogP contribution in [-0.2, 0) is 9.47 Å². The number of nitrogens with one attached hydrogen (secondary N) is 1. The quantitative estimate of drug-likeness (QED) is 0.595. The molecule has 1 fully saturated rings. The molecule has 1 aliphatic rings. The number of ether oxygens (including phenoxy) is 2. The summed E-state index contributed by atoms with van der Waals surface area (Å²) >= 11 is 0. The van der Waals surface area contributed by atoms with E-state index in [0.717, 1.165) is 32.3 Å². The summed E-state index contributed by atoms with van der Waals surface area (Å²) in [5.41, 5.74) is 0. The van der Waals surface area contributed by atoms with Crippen molar-refractivity contribution in [2.75, 3.05) is 33.5 Å². The van der Waals surface area contributed by atoms with E-state index in [2.05, 4.69) is 12.2 Å². The van der Waals surface area contributed by atoms with Crippen molar-refractivity contribution in [3.8, 4) is 0 Å². The Labute approximate surface area is 93.5 Å². The van der Waals surface area contributed by atoms with Crippen molar-refractivity contribution in [2.24, 2.45) is 5.92 Å². The third-order valence-corrected chi connectivity index (χ3v) is 3.05. The highest BCUT2D eigenvalue weighted by Crippen LogP contribution is 2.28. The maximum absolute atomic E-state index is 5.57. The monoisotopic (exact) mass is 215 g/mol. The van der Waals surface area contributed by atoms with Crippen molar-refractivity contribution in [1.82, 2.24) is 5.32 Å². The first kappa shape index (κ1) is 12.9. The molecule has 0 aromatic heterocycles. The van der Waals surface area contributed by atoms with Crippen LogP contribution in [0.3, 0.4) is 0 Å². The number of methoxy groups -OCH3 is 1. The van der Waals surface area contributed by atoms with Crippen molar-refractivity contribution in [1.29, 1.82) is 0 Å². The highest BCUT2D eigenvalue weighted by atomic mass is 16.5. The first-order chi connectivity index (χ1) is 7.33. The van der Waals surface area contributed by atoms with Gasteiger partial charge in [-0.1, -0.05) is 19.3 Å². The Balaban J connectivity index is 1.76. The van der Waals surface area contributed by atoms with Gasteiger partial charge in [-0.2, -0.15) is 0 Å². The summed E-state index contributed by atoms with van der Waals surface area (Å²) in [5.74, 6) is 0.963. The lowest BCUT2D eigenvalue weighted by molar-refractivity contribution is 0.103. The molecule has 0 aromatic carbocycles. The lowest BCUT2D eigenvalue weighted by Crippen LogP contribution is -2.33. The standard InChI is InChI=1S/C12H25NO2/c1-11(10-14-2)13-7-9-15-8-6-12-4-3-5-12/h11-13H,3-10H2,1-2H3. The lowest BCUT2D eigenvalue weighted by atomic mass is 9.83. The summed E-state index contributed by atoms with van der Waals surface area (Å²) in [4.78, 5) is 0. The molecule has 3 nitrogen and oxygen atoms in total. The summed E-state index contributed by atoms with van der Waals surface area (Å²) in [7, 11) is 1.73. The van der Waals surface area contributed by atoms with Gasteiger partial charge in [0.25, 0.3) is 0 Å². The zero-order valence-electron chi connectivity index (χ0n) is 10.1. The van der Waals surface area contributed by atoms with Crippen LogP contribution in [0.4, 0.5) is 0 Å². The predicted molar refractivity (Wildman–Crippen MR) is 62.1 cm³/mol. The highest BCUT2D eigenvalue weighted by Gasteiger charge is 2.16. The van der Waals surface area contributed by atoms with Crippen molar-refractivity contribution in [3.63, 3.8) is 0 Å². The topological polar surface area (TPSA) is 30.5 Å². The molecule has 1 unspecified atom stereocenters. The molecular weight excluding hydrogens is 190 g/mol. The largest absolute Gasteiger partial charge is 0.383 e. The van der Waals surface area contributed by atoms with E-state index in [9.17, 15) is 0 Å². The molecule has 0 amide bonds. The fourth-order valence-electron chi connectivity index (χ4n) is 1.82. The van der Waals surface area contributed by atoms with E-state index in [1.54, 1.807) is 7.11 Å². The van der Waals surface area contributed by atoms with Gasteiger partial charge in [-0.3, -0.25) is 0 Å². The van der Waals surface area contributed by atoms with Crippen LogP contribution >= 0.6 is 0 Å². The molecule has 0 saturated heterocycles. The number of hydrogen-bond acceptors (Lipinski definition) is 3. The van der Waals surface area contributed by atoms with Gasteiger partial charge in [0.2, 0.25) is 0 Å². The van der Waals surface area contributed by atoms with Crippen molar-refractivity contribution < 1.29 is 9.47 Å². The minimum absolute atomic E-state index is 0.422. The molecule has 1 rings (SSSR count). The third-order valence-electron chi connectivity index (χ3n) is 3.05. The maximum Gasteiger partial charge on any atom is 0.0613 e. The minimum Gasteiger partial charge on any atom is -0.383 e. The smallest absolute Gasteiger partial charge is 0.0613 e. The molecule has 1 saturated carbocycles. The maximum atomic E-state index is 5.57. The predicted octanol–water partition coefficient (Wildman–Crippen LogP) is 1.82. The fourth-order valence-corrected chi connectivity index (χ4v) is 1.82. The molecule has 0 spiro atoms. The Kier molecular flexibility index (Phi) is 6.98. The molecule has 0 radical (unpaired) electrons. The second-order valence-electron chi connectivity index (χ2n) is 4.51. The first-order valence-corrected chi connectivity index (χ1v) is 6.13. The Bertz CT molecular complexity index is 149. The van der Waals surface area contributed by atoms with Crippen LogP contribution in [0, 0.1) is 5.92 Å². The van der Waals surface area contributed by atoms with Crippen LogP contribution in [0.15, 0.2) is 0 Å². The van der Waals surface area contributed by atoms with Gasteiger partial charge >= 0.3 is 0 Å². The average Bonchev–Trinajstić information content (AvgIpc) is 2.14. The Morgan fingerprint density at radius 2 is 2.13 bits per heavy atom. The van der Waals surface area contributed by atoms with Gasteiger partial charge in [-0.05, 0) is 19.3 Å². The first-order valence-electron chi connectivity index (χ1n) is 6.13. The molecule has 0 heterocycles. The summed E-state index contributed by atoms with van der Waals surface area (Å²) < 4.78 is 10.6. The average molecular weight is 215 g/mol.